The van der Waals surface area contributed by atoms with Gasteiger partial charge in [-0.25, -0.2) is 14.4 Å². The maximum Gasteiger partial charge on any atom is 0.272 e. The van der Waals surface area contributed by atoms with Crippen molar-refractivity contribution >= 4 is 34.4 Å². The van der Waals surface area contributed by atoms with Crippen LogP contribution in [0.4, 0.5) is 10.1 Å². The van der Waals surface area contributed by atoms with Crippen LogP contribution >= 0.6 is 0 Å². The molecule has 36 heavy (non-hydrogen) atoms. The SMILES string of the molecule is C[C@@H](NC(=O)c1c[nH]c2c(C(=O)NCc3ccc4c(c3)NC(=O)CO4)ncnc12)c1ccc(F)cc1. The van der Waals surface area contributed by atoms with Crippen molar-refractivity contribution in [3.8, 4) is 5.75 Å². The first-order chi connectivity index (χ1) is 17.4. The second-order valence-corrected chi connectivity index (χ2v) is 8.24. The van der Waals surface area contributed by atoms with Crippen LogP contribution in [0.5, 0.6) is 5.75 Å². The van der Waals surface area contributed by atoms with Crippen molar-refractivity contribution in [2.75, 3.05) is 11.9 Å². The fraction of sp³-hybridized carbons (Fsp3) is 0.160. The summed E-state index contributed by atoms with van der Waals surface area (Å²) in [5.41, 5.74) is 2.98. The summed E-state index contributed by atoms with van der Waals surface area (Å²) >= 11 is 0. The first kappa shape index (κ1) is 23.0. The molecular weight excluding hydrogens is 467 g/mol. The molecule has 10 nitrogen and oxygen atoms in total. The number of halogens is 1. The zero-order valence-corrected chi connectivity index (χ0v) is 19.1. The van der Waals surface area contributed by atoms with E-state index in [0.29, 0.717) is 22.5 Å². The molecule has 2 aromatic heterocycles. The number of amides is 3. The average molecular weight is 488 g/mol. The lowest BCUT2D eigenvalue weighted by molar-refractivity contribution is -0.118. The zero-order chi connectivity index (χ0) is 25.2. The lowest BCUT2D eigenvalue weighted by atomic mass is 10.1. The standard InChI is InChI=1S/C25H21FN6O4/c1-13(15-3-5-16(26)6-4-15)31-24(34)17-10-27-22-21(17)29-12-30-23(22)25(35)28-9-14-2-7-19-18(8-14)32-20(33)11-36-19/h2-8,10,12-13,27H,9,11H2,1H3,(H,28,35)(H,31,34)(H,32,33)/t13-/m1/s1. The van der Waals surface area contributed by atoms with Gasteiger partial charge in [-0.1, -0.05) is 18.2 Å². The van der Waals surface area contributed by atoms with Crippen molar-refractivity contribution in [3.63, 3.8) is 0 Å². The Morgan fingerprint density at radius 3 is 2.75 bits per heavy atom. The minimum Gasteiger partial charge on any atom is -0.482 e. The van der Waals surface area contributed by atoms with Gasteiger partial charge in [-0.15, -0.1) is 0 Å². The van der Waals surface area contributed by atoms with Gasteiger partial charge in [0.15, 0.2) is 12.3 Å². The molecule has 0 aliphatic carbocycles. The molecule has 182 valence electrons. The van der Waals surface area contributed by atoms with E-state index in [1.54, 1.807) is 37.3 Å². The largest absolute Gasteiger partial charge is 0.482 e. The zero-order valence-electron chi connectivity index (χ0n) is 19.1. The molecule has 5 rings (SSSR count). The molecule has 0 bridgehead atoms. The van der Waals surface area contributed by atoms with Crippen LogP contribution in [0.15, 0.2) is 55.0 Å². The molecule has 0 unspecified atom stereocenters. The Kier molecular flexibility index (Phi) is 6.03. The number of hydrogen-bond donors (Lipinski definition) is 4. The molecule has 1 aliphatic heterocycles. The van der Waals surface area contributed by atoms with Crippen LogP contribution in [-0.4, -0.2) is 39.3 Å². The topological polar surface area (TPSA) is 138 Å². The molecule has 2 aromatic carbocycles. The minimum absolute atomic E-state index is 0.0336. The van der Waals surface area contributed by atoms with Crippen LogP contribution in [0.2, 0.25) is 0 Å². The molecule has 3 heterocycles. The van der Waals surface area contributed by atoms with Gasteiger partial charge < -0.3 is 25.7 Å². The number of aromatic nitrogens is 3. The van der Waals surface area contributed by atoms with Crippen molar-refractivity contribution in [1.29, 1.82) is 0 Å². The number of hydrogen-bond acceptors (Lipinski definition) is 6. The van der Waals surface area contributed by atoms with E-state index < -0.39 is 11.8 Å². The van der Waals surface area contributed by atoms with Gasteiger partial charge >= 0.3 is 0 Å². The van der Waals surface area contributed by atoms with Gasteiger partial charge in [-0.05, 0) is 42.3 Å². The van der Waals surface area contributed by atoms with E-state index in [1.807, 2.05) is 0 Å². The number of H-pyrrole nitrogens is 1. The summed E-state index contributed by atoms with van der Waals surface area (Å²) in [6.07, 6.45) is 2.69. The molecule has 11 heteroatoms. The van der Waals surface area contributed by atoms with E-state index in [-0.39, 0.29) is 42.2 Å². The molecule has 1 aliphatic rings. The quantitative estimate of drug-likeness (QED) is 0.329. The Hall–Kier alpha value is -4.80. The third-order valence-electron chi connectivity index (χ3n) is 5.77. The van der Waals surface area contributed by atoms with Gasteiger partial charge in [-0.3, -0.25) is 14.4 Å². The smallest absolute Gasteiger partial charge is 0.272 e. The molecule has 1 atom stereocenters. The Morgan fingerprint density at radius 2 is 1.94 bits per heavy atom. The van der Waals surface area contributed by atoms with Crippen LogP contribution < -0.4 is 20.7 Å². The Labute approximate surface area is 204 Å². The number of ether oxygens (including phenoxy) is 1. The van der Waals surface area contributed by atoms with Crippen molar-refractivity contribution in [1.82, 2.24) is 25.6 Å². The van der Waals surface area contributed by atoms with Gasteiger partial charge in [0, 0.05) is 12.7 Å². The van der Waals surface area contributed by atoms with Crippen LogP contribution in [0, 0.1) is 5.82 Å². The maximum absolute atomic E-state index is 13.2. The van der Waals surface area contributed by atoms with Crippen LogP contribution in [0.25, 0.3) is 11.0 Å². The highest BCUT2D eigenvalue weighted by atomic mass is 19.1. The van der Waals surface area contributed by atoms with Gasteiger partial charge in [0.05, 0.1) is 22.8 Å². The van der Waals surface area contributed by atoms with E-state index in [4.69, 9.17) is 4.74 Å². The van der Waals surface area contributed by atoms with Crippen molar-refractivity contribution < 1.29 is 23.5 Å². The first-order valence-electron chi connectivity index (χ1n) is 11.1. The number of carbonyl (C=O) groups excluding carboxylic acids is 3. The first-order valence-corrected chi connectivity index (χ1v) is 11.1. The fourth-order valence-corrected chi connectivity index (χ4v) is 3.90. The van der Waals surface area contributed by atoms with E-state index in [0.717, 1.165) is 11.1 Å². The van der Waals surface area contributed by atoms with E-state index in [1.165, 1.54) is 24.7 Å². The Balaban J connectivity index is 1.30. The molecule has 0 saturated carbocycles. The molecular formula is C25H21FN6O4. The van der Waals surface area contributed by atoms with Gasteiger partial charge in [0.25, 0.3) is 17.7 Å². The normalized spacial score (nSPS) is 13.3. The van der Waals surface area contributed by atoms with Crippen molar-refractivity contribution in [3.05, 3.63) is 83.2 Å². The number of rotatable bonds is 6. The van der Waals surface area contributed by atoms with Crippen molar-refractivity contribution in [2.45, 2.75) is 19.5 Å². The highest BCUT2D eigenvalue weighted by molar-refractivity contribution is 6.10. The average Bonchev–Trinajstić information content (AvgIpc) is 3.32. The summed E-state index contributed by atoms with van der Waals surface area (Å²) in [5, 5.41) is 8.37. The molecule has 0 spiro atoms. The van der Waals surface area contributed by atoms with Crippen molar-refractivity contribution in [2.24, 2.45) is 0 Å². The molecule has 0 fully saturated rings. The van der Waals surface area contributed by atoms with E-state index in [2.05, 4.69) is 30.9 Å². The third-order valence-corrected chi connectivity index (χ3v) is 5.77. The number of carbonyl (C=O) groups is 3. The predicted octanol–water partition coefficient (Wildman–Crippen LogP) is 2.85. The summed E-state index contributed by atoms with van der Waals surface area (Å²) in [7, 11) is 0. The van der Waals surface area contributed by atoms with Gasteiger partial charge in [0.1, 0.15) is 23.4 Å². The summed E-state index contributed by atoms with van der Waals surface area (Å²) in [4.78, 5) is 48.5. The number of aromatic amines is 1. The van der Waals surface area contributed by atoms with Gasteiger partial charge in [0.2, 0.25) is 0 Å². The fourth-order valence-electron chi connectivity index (χ4n) is 3.90. The Morgan fingerprint density at radius 1 is 1.14 bits per heavy atom. The lowest BCUT2D eigenvalue weighted by Crippen LogP contribution is -2.27. The second kappa shape index (κ2) is 9.45. The predicted molar refractivity (Wildman–Crippen MR) is 128 cm³/mol. The third kappa shape index (κ3) is 4.58. The number of anilines is 1. The number of nitrogens with zero attached hydrogens (tertiary/aromatic N) is 2. The summed E-state index contributed by atoms with van der Waals surface area (Å²) in [5.74, 6) is -0.905. The maximum atomic E-state index is 13.2. The molecule has 0 radical (unpaired) electrons. The second-order valence-electron chi connectivity index (χ2n) is 8.24. The van der Waals surface area contributed by atoms with Gasteiger partial charge in [-0.2, -0.15) is 0 Å². The lowest BCUT2D eigenvalue weighted by Gasteiger charge is -2.18. The minimum atomic E-state index is -0.464. The Bertz CT molecular complexity index is 1480. The van der Waals surface area contributed by atoms with E-state index >= 15 is 0 Å². The summed E-state index contributed by atoms with van der Waals surface area (Å²) in [6.45, 7) is 1.93. The molecule has 0 saturated heterocycles. The molecule has 4 N–H and O–H groups in total. The number of fused-ring (bicyclic) bond motifs is 2. The highest BCUT2D eigenvalue weighted by Gasteiger charge is 2.21. The van der Waals surface area contributed by atoms with Crippen LogP contribution in [0.3, 0.4) is 0 Å². The molecule has 3 amide bonds. The highest BCUT2D eigenvalue weighted by Crippen LogP contribution is 2.28. The summed E-state index contributed by atoms with van der Waals surface area (Å²) < 4.78 is 18.5. The monoisotopic (exact) mass is 488 g/mol. The van der Waals surface area contributed by atoms with Crippen LogP contribution in [-0.2, 0) is 11.3 Å². The van der Waals surface area contributed by atoms with E-state index in [9.17, 15) is 18.8 Å². The van der Waals surface area contributed by atoms with Crippen LogP contribution in [0.1, 0.15) is 44.9 Å². The number of nitrogens with one attached hydrogen (secondary N) is 4. The molecule has 4 aromatic rings. The summed E-state index contributed by atoms with van der Waals surface area (Å²) in [6, 6.07) is 10.7. The number of benzene rings is 2.